The average molecular weight is 519 g/mol. The summed E-state index contributed by atoms with van der Waals surface area (Å²) < 4.78 is 60.9. The van der Waals surface area contributed by atoms with Gasteiger partial charge in [0.1, 0.15) is 17.5 Å². The number of aliphatic carboxylic acids is 1. The van der Waals surface area contributed by atoms with Crippen LogP contribution in [0.2, 0.25) is 5.02 Å². The van der Waals surface area contributed by atoms with E-state index >= 15 is 0 Å². The van der Waals surface area contributed by atoms with E-state index in [0.29, 0.717) is 24.7 Å². The topological polar surface area (TPSA) is 101 Å². The Balaban J connectivity index is 0.000000429. The third-order valence-electron chi connectivity index (χ3n) is 5.24. The van der Waals surface area contributed by atoms with Crippen LogP contribution in [0.3, 0.4) is 0 Å². The smallest absolute Gasteiger partial charge is 0.475 e. The standard InChI is InChI=1S/C20H19ClF2N4O.C2HF3O2/c21-13-1-4-18-17(9-13)25-19-11-26(5-6-27(18)19)20(28)10-15(24)8-12-7-14(22)2-3-16(12)23;3-2(4,5)1(6)7/h1-4,7,9,15H,5-6,8,10-11,24H2;(H,6,7)/t15-;/m1./s1. The molecule has 2 aromatic carbocycles. The molecule has 1 aliphatic heterocycles. The van der Waals surface area contributed by atoms with Crippen molar-refractivity contribution in [3.05, 3.63) is 64.4 Å². The van der Waals surface area contributed by atoms with Crippen molar-refractivity contribution in [2.45, 2.75) is 38.1 Å². The second-order valence-corrected chi connectivity index (χ2v) is 8.27. The van der Waals surface area contributed by atoms with Gasteiger partial charge in [-0.05, 0) is 48.4 Å². The maximum absolute atomic E-state index is 13.8. The third kappa shape index (κ3) is 6.67. The number of alkyl halides is 3. The Morgan fingerprint density at radius 2 is 1.83 bits per heavy atom. The van der Waals surface area contributed by atoms with Crippen molar-refractivity contribution in [1.82, 2.24) is 14.5 Å². The van der Waals surface area contributed by atoms with Gasteiger partial charge in [-0.25, -0.2) is 18.6 Å². The molecule has 13 heteroatoms. The Hall–Kier alpha value is -3.25. The van der Waals surface area contributed by atoms with Crippen molar-refractivity contribution >= 4 is 34.5 Å². The van der Waals surface area contributed by atoms with Gasteiger partial charge in [0.2, 0.25) is 5.91 Å². The zero-order valence-electron chi connectivity index (χ0n) is 18.0. The maximum atomic E-state index is 13.8. The van der Waals surface area contributed by atoms with Gasteiger partial charge in [-0.15, -0.1) is 0 Å². The quantitative estimate of drug-likeness (QED) is 0.510. The first-order valence-electron chi connectivity index (χ1n) is 10.3. The molecule has 1 atom stereocenters. The van der Waals surface area contributed by atoms with Crippen LogP contribution < -0.4 is 5.73 Å². The number of benzene rings is 2. The van der Waals surface area contributed by atoms with Gasteiger partial charge in [-0.1, -0.05) is 11.6 Å². The first kappa shape index (κ1) is 26.4. The zero-order chi connectivity index (χ0) is 25.9. The van der Waals surface area contributed by atoms with Crippen LogP contribution in [0.1, 0.15) is 17.8 Å². The van der Waals surface area contributed by atoms with E-state index in [2.05, 4.69) is 9.55 Å². The van der Waals surface area contributed by atoms with Crippen molar-refractivity contribution in [2.24, 2.45) is 5.73 Å². The van der Waals surface area contributed by atoms with Crippen LogP contribution in [0.5, 0.6) is 0 Å². The molecule has 0 radical (unpaired) electrons. The molecule has 1 aliphatic rings. The Kier molecular flexibility index (Phi) is 7.96. The van der Waals surface area contributed by atoms with E-state index in [4.69, 9.17) is 27.2 Å². The normalized spacial score (nSPS) is 14.2. The molecule has 2 heterocycles. The number of carboxylic acid groups (broad SMARTS) is 1. The summed E-state index contributed by atoms with van der Waals surface area (Å²) in [5.41, 5.74) is 8.00. The van der Waals surface area contributed by atoms with Crippen LogP contribution in [-0.2, 0) is 29.1 Å². The van der Waals surface area contributed by atoms with Crippen LogP contribution in [0.15, 0.2) is 36.4 Å². The number of hydrogen-bond acceptors (Lipinski definition) is 4. The summed E-state index contributed by atoms with van der Waals surface area (Å²) in [5.74, 6) is -3.13. The minimum Gasteiger partial charge on any atom is -0.475 e. The van der Waals surface area contributed by atoms with Gasteiger partial charge in [0, 0.05) is 30.6 Å². The third-order valence-corrected chi connectivity index (χ3v) is 5.47. The lowest BCUT2D eigenvalue weighted by Crippen LogP contribution is -2.41. The summed E-state index contributed by atoms with van der Waals surface area (Å²) in [6.45, 7) is 1.56. The van der Waals surface area contributed by atoms with Crippen molar-refractivity contribution in [3.63, 3.8) is 0 Å². The first-order valence-corrected chi connectivity index (χ1v) is 10.6. The zero-order valence-corrected chi connectivity index (χ0v) is 18.8. The number of hydrogen-bond donors (Lipinski definition) is 2. The summed E-state index contributed by atoms with van der Waals surface area (Å²) in [6, 6.07) is 8.20. The van der Waals surface area contributed by atoms with Crippen LogP contribution in [0, 0.1) is 11.6 Å². The highest BCUT2D eigenvalue weighted by atomic mass is 35.5. The highest BCUT2D eigenvalue weighted by molar-refractivity contribution is 6.31. The second kappa shape index (κ2) is 10.6. The highest BCUT2D eigenvalue weighted by Gasteiger charge is 2.38. The number of nitrogens with two attached hydrogens (primary N) is 1. The fraction of sp³-hybridized carbons (Fsp3) is 0.318. The molecule has 188 valence electrons. The van der Waals surface area contributed by atoms with Crippen LogP contribution in [0.4, 0.5) is 22.0 Å². The van der Waals surface area contributed by atoms with E-state index in [-0.39, 0.29) is 24.3 Å². The molecule has 0 saturated heterocycles. The molecule has 4 rings (SSSR count). The number of carboxylic acids is 1. The molecule has 7 nitrogen and oxygen atoms in total. The fourth-order valence-corrected chi connectivity index (χ4v) is 3.78. The number of fused-ring (bicyclic) bond motifs is 3. The number of rotatable bonds is 4. The van der Waals surface area contributed by atoms with E-state index in [0.717, 1.165) is 35.1 Å². The van der Waals surface area contributed by atoms with Gasteiger partial charge in [0.15, 0.2) is 0 Å². The second-order valence-electron chi connectivity index (χ2n) is 7.83. The lowest BCUT2D eigenvalue weighted by molar-refractivity contribution is -0.192. The van der Waals surface area contributed by atoms with Crippen LogP contribution >= 0.6 is 11.6 Å². The highest BCUT2D eigenvalue weighted by Crippen LogP contribution is 2.24. The molecule has 1 amide bonds. The fourth-order valence-electron chi connectivity index (χ4n) is 3.61. The van der Waals surface area contributed by atoms with Gasteiger partial charge >= 0.3 is 12.1 Å². The lowest BCUT2D eigenvalue weighted by atomic mass is 10.0. The molecular weight excluding hydrogens is 499 g/mol. The maximum Gasteiger partial charge on any atom is 0.490 e. The van der Waals surface area contributed by atoms with E-state index in [9.17, 15) is 26.7 Å². The summed E-state index contributed by atoms with van der Waals surface area (Å²) >= 11 is 6.03. The number of carbonyl (C=O) groups is 2. The Morgan fingerprint density at radius 1 is 1.14 bits per heavy atom. The molecular formula is C22H20ClF5N4O3. The van der Waals surface area contributed by atoms with Crippen molar-refractivity contribution < 1.29 is 36.6 Å². The molecule has 0 saturated carbocycles. The molecule has 0 fully saturated rings. The van der Waals surface area contributed by atoms with E-state index in [1.165, 1.54) is 0 Å². The lowest BCUT2D eigenvalue weighted by Gasteiger charge is -2.29. The van der Waals surface area contributed by atoms with Gasteiger partial charge < -0.3 is 20.3 Å². The number of amides is 1. The molecule has 0 bridgehead atoms. The Morgan fingerprint density at radius 3 is 2.49 bits per heavy atom. The monoisotopic (exact) mass is 518 g/mol. The number of carbonyl (C=O) groups excluding carboxylic acids is 1. The molecule has 3 N–H and O–H groups in total. The SMILES string of the molecule is N[C@@H](CC(=O)N1CCn2c(nc3cc(Cl)ccc32)C1)Cc1cc(F)ccc1F.O=C(O)C(F)(F)F. The minimum absolute atomic E-state index is 0.0575. The van der Waals surface area contributed by atoms with Crippen molar-refractivity contribution in [2.75, 3.05) is 6.54 Å². The van der Waals surface area contributed by atoms with E-state index in [1.807, 2.05) is 12.1 Å². The summed E-state index contributed by atoms with van der Waals surface area (Å²) in [7, 11) is 0. The Bertz CT molecular complexity index is 1250. The van der Waals surface area contributed by atoms with E-state index < -0.39 is 29.8 Å². The molecule has 35 heavy (non-hydrogen) atoms. The molecule has 1 aromatic heterocycles. The van der Waals surface area contributed by atoms with Gasteiger partial charge in [0.05, 0.1) is 17.6 Å². The number of imidazole rings is 1. The number of halogens is 6. The largest absolute Gasteiger partial charge is 0.490 e. The summed E-state index contributed by atoms with van der Waals surface area (Å²) in [5, 5.41) is 7.74. The van der Waals surface area contributed by atoms with Gasteiger partial charge in [-0.3, -0.25) is 4.79 Å². The molecule has 0 aliphatic carbocycles. The molecule has 3 aromatic rings. The minimum atomic E-state index is -5.08. The Labute approximate surface area is 200 Å². The number of aromatic nitrogens is 2. The van der Waals surface area contributed by atoms with Crippen molar-refractivity contribution in [1.29, 1.82) is 0 Å². The van der Waals surface area contributed by atoms with Crippen molar-refractivity contribution in [3.8, 4) is 0 Å². The summed E-state index contributed by atoms with van der Waals surface area (Å²) in [4.78, 5) is 27.8. The predicted octanol–water partition coefficient (Wildman–Crippen LogP) is 3.90. The number of nitrogens with zero attached hydrogens (tertiary/aromatic N) is 3. The predicted molar refractivity (Wildman–Crippen MR) is 117 cm³/mol. The molecule has 0 spiro atoms. The van der Waals surface area contributed by atoms with Gasteiger partial charge in [-0.2, -0.15) is 13.2 Å². The van der Waals surface area contributed by atoms with Crippen LogP contribution in [0.25, 0.3) is 11.0 Å². The molecule has 0 unspecified atom stereocenters. The summed E-state index contributed by atoms with van der Waals surface area (Å²) in [6.07, 6.45) is -4.93. The van der Waals surface area contributed by atoms with E-state index in [1.54, 1.807) is 11.0 Å². The van der Waals surface area contributed by atoms with Gasteiger partial charge in [0.25, 0.3) is 0 Å². The first-order chi connectivity index (χ1) is 16.3. The van der Waals surface area contributed by atoms with Crippen LogP contribution in [-0.4, -0.2) is 50.2 Å². The average Bonchev–Trinajstić information content (AvgIpc) is 3.12.